The van der Waals surface area contributed by atoms with Gasteiger partial charge >= 0.3 is 0 Å². The molecular formula is C21H32N4O2. The van der Waals surface area contributed by atoms with Crippen molar-refractivity contribution in [1.82, 2.24) is 14.9 Å². The summed E-state index contributed by atoms with van der Waals surface area (Å²) in [6.07, 6.45) is 7.80. The van der Waals surface area contributed by atoms with E-state index in [4.69, 9.17) is 9.47 Å². The van der Waals surface area contributed by atoms with Gasteiger partial charge < -0.3 is 19.8 Å². The molecule has 1 saturated heterocycles. The lowest BCUT2D eigenvalue weighted by molar-refractivity contribution is 0.206. The zero-order valence-electron chi connectivity index (χ0n) is 16.8. The van der Waals surface area contributed by atoms with Crippen molar-refractivity contribution >= 4 is 5.69 Å². The molecule has 1 unspecified atom stereocenters. The van der Waals surface area contributed by atoms with Crippen molar-refractivity contribution in [1.29, 1.82) is 0 Å². The number of unbranched alkanes of at least 4 members (excludes halogenated alkanes) is 1. The number of ether oxygens (including phenoxy) is 2. The van der Waals surface area contributed by atoms with Crippen LogP contribution in [0.2, 0.25) is 0 Å². The van der Waals surface area contributed by atoms with E-state index in [9.17, 15) is 0 Å². The second kappa shape index (κ2) is 9.65. The monoisotopic (exact) mass is 372 g/mol. The number of aromatic nitrogens is 2. The fourth-order valence-corrected chi connectivity index (χ4v) is 3.68. The molecular weight excluding hydrogens is 340 g/mol. The number of piperidine rings is 1. The normalized spacial score (nSPS) is 17.7. The number of imidazole rings is 1. The highest BCUT2D eigenvalue weighted by molar-refractivity contribution is 5.55. The summed E-state index contributed by atoms with van der Waals surface area (Å²) < 4.78 is 10.7. The molecule has 0 bridgehead atoms. The Morgan fingerprint density at radius 3 is 2.89 bits per heavy atom. The molecule has 1 aromatic heterocycles. The minimum Gasteiger partial charge on any atom is -0.493 e. The lowest BCUT2D eigenvalue weighted by Gasteiger charge is -2.33. The molecule has 6 heteroatoms. The summed E-state index contributed by atoms with van der Waals surface area (Å²) >= 11 is 0. The molecule has 2 heterocycles. The molecule has 0 aliphatic carbocycles. The number of hydrogen-bond donors (Lipinski definition) is 2. The zero-order valence-corrected chi connectivity index (χ0v) is 16.8. The first-order valence-electron chi connectivity index (χ1n) is 9.95. The van der Waals surface area contributed by atoms with Crippen LogP contribution >= 0.6 is 0 Å². The smallest absolute Gasteiger partial charge is 0.162 e. The maximum absolute atomic E-state index is 5.41. The zero-order chi connectivity index (χ0) is 19.1. The molecule has 1 fully saturated rings. The first kappa shape index (κ1) is 19.5. The molecule has 2 N–H and O–H groups in total. The van der Waals surface area contributed by atoms with E-state index in [1.807, 2.05) is 18.3 Å². The van der Waals surface area contributed by atoms with Crippen molar-refractivity contribution in [3.63, 3.8) is 0 Å². The molecule has 1 atom stereocenters. The van der Waals surface area contributed by atoms with Gasteiger partial charge in [0.25, 0.3) is 0 Å². The molecule has 2 aromatic rings. The molecule has 0 spiro atoms. The van der Waals surface area contributed by atoms with E-state index in [1.54, 1.807) is 14.2 Å². The van der Waals surface area contributed by atoms with E-state index in [2.05, 4.69) is 33.2 Å². The van der Waals surface area contributed by atoms with Gasteiger partial charge in [-0.15, -0.1) is 0 Å². The second-order valence-corrected chi connectivity index (χ2v) is 7.25. The number of rotatable bonds is 9. The Morgan fingerprint density at radius 1 is 1.26 bits per heavy atom. The maximum atomic E-state index is 5.41. The van der Waals surface area contributed by atoms with Crippen molar-refractivity contribution in [2.45, 2.75) is 51.6 Å². The van der Waals surface area contributed by atoms with Gasteiger partial charge in [0.15, 0.2) is 11.5 Å². The van der Waals surface area contributed by atoms with Gasteiger partial charge in [0.05, 0.1) is 14.2 Å². The van der Waals surface area contributed by atoms with Crippen molar-refractivity contribution in [3.8, 4) is 11.5 Å². The first-order valence-corrected chi connectivity index (χ1v) is 9.95. The van der Waals surface area contributed by atoms with Crippen LogP contribution in [0.4, 0.5) is 5.69 Å². The van der Waals surface area contributed by atoms with E-state index in [1.165, 1.54) is 31.4 Å². The number of benzene rings is 1. The lowest BCUT2D eigenvalue weighted by Crippen LogP contribution is -2.41. The summed E-state index contributed by atoms with van der Waals surface area (Å²) in [5.74, 6) is 2.63. The highest BCUT2D eigenvalue weighted by atomic mass is 16.5. The number of anilines is 1. The van der Waals surface area contributed by atoms with Crippen LogP contribution in [-0.2, 0) is 13.0 Å². The minimum atomic E-state index is 0.430. The Balaban J connectivity index is 1.55. The van der Waals surface area contributed by atoms with Crippen LogP contribution in [0.3, 0.4) is 0 Å². The third kappa shape index (κ3) is 5.39. The number of likely N-dealkylation sites (tertiary alicyclic amines) is 1. The largest absolute Gasteiger partial charge is 0.493 e. The highest BCUT2D eigenvalue weighted by Gasteiger charge is 2.21. The van der Waals surface area contributed by atoms with Gasteiger partial charge in [-0.2, -0.15) is 0 Å². The van der Waals surface area contributed by atoms with Crippen LogP contribution in [0.15, 0.2) is 24.4 Å². The minimum absolute atomic E-state index is 0.430. The Labute approximate surface area is 162 Å². The third-order valence-corrected chi connectivity index (χ3v) is 5.10. The molecule has 1 aliphatic heterocycles. The predicted molar refractivity (Wildman–Crippen MR) is 109 cm³/mol. The summed E-state index contributed by atoms with van der Waals surface area (Å²) in [6, 6.07) is 6.44. The van der Waals surface area contributed by atoms with E-state index in [0.717, 1.165) is 49.1 Å². The Morgan fingerprint density at radius 2 is 2.11 bits per heavy atom. The van der Waals surface area contributed by atoms with Gasteiger partial charge in [-0.25, -0.2) is 4.98 Å². The number of hydrogen-bond acceptors (Lipinski definition) is 5. The standard InChI is InChI=1S/C21H32N4O2/c1-4-5-8-21-22-13-18(24-21)15-25-11-6-7-17(14-25)23-16-9-10-19(26-2)20(12-16)27-3/h9-10,12-13,17,23H,4-8,11,14-15H2,1-3H3,(H,22,24). The molecule has 0 amide bonds. The van der Waals surface area contributed by atoms with Gasteiger partial charge in [0.2, 0.25) is 0 Å². The van der Waals surface area contributed by atoms with Crippen LogP contribution in [-0.4, -0.2) is 48.2 Å². The highest BCUT2D eigenvalue weighted by Crippen LogP contribution is 2.30. The summed E-state index contributed by atoms with van der Waals surface area (Å²) in [5.41, 5.74) is 2.29. The van der Waals surface area contributed by atoms with Crippen molar-refractivity contribution in [3.05, 3.63) is 35.9 Å². The number of aryl methyl sites for hydroxylation is 1. The fraction of sp³-hybridized carbons (Fsp3) is 0.571. The SMILES string of the molecule is CCCCc1ncc(CN2CCCC(Nc3ccc(OC)c(OC)c3)C2)[nH]1. The van der Waals surface area contributed by atoms with E-state index in [-0.39, 0.29) is 0 Å². The van der Waals surface area contributed by atoms with Gasteiger partial charge in [-0.1, -0.05) is 13.3 Å². The Kier molecular flexibility index (Phi) is 6.98. The van der Waals surface area contributed by atoms with E-state index in [0.29, 0.717) is 6.04 Å². The number of methoxy groups -OCH3 is 2. The number of nitrogens with one attached hydrogen (secondary N) is 2. The molecule has 1 aromatic carbocycles. The van der Waals surface area contributed by atoms with Gasteiger partial charge in [0.1, 0.15) is 5.82 Å². The molecule has 0 saturated carbocycles. The van der Waals surface area contributed by atoms with Crippen LogP contribution in [0, 0.1) is 0 Å². The summed E-state index contributed by atoms with van der Waals surface area (Å²) in [4.78, 5) is 10.5. The van der Waals surface area contributed by atoms with Gasteiger partial charge in [-0.3, -0.25) is 4.90 Å². The number of aromatic amines is 1. The van der Waals surface area contributed by atoms with Crippen LogP contribution in [0.1, 0.15) is 44.1 Å². The van der Waals surface area contributed by atoms with Crippen LogP contribution < -0.4 is 14.8 Å². The van der Waals surface area contributed by atoms with Crippen LogP contribution in [0.5, 0.6) is 11.5 Å². The number of H-pyrrole nitrogens is 1. The van der Waals surface area contributed by atoms with E-state index >= 15 is 0 Å². The number of nitrogens with zero attached hydrogens (tertiary/aromatic N) is 2. The predicted octanol–water partition coefficient (Wildman–Crippen LogP) is 3.85. The molecule has 148 valence electrons. The van der Waals surface area contributed by atoms with E-state index < -0.39 is 0 Å². The Bertz CT molecular complexity index is 716. The molecule has 3 rings (SSSR count). The second-order valence-electron chi connectivity index (χ2n) is 7.25. The van der Waals surface area contributed by atoms with Crippen LogP contribution in [0.25, 0.3) is 0 Å². The summed E-state index contributed by atoms with van der Waals surface area (Å²) in [5, 5.41) is 3.65. The summed E-state index contributed by atoms with van der Waals surface area (Å²) in [7, 11) is 3.33. The third-order valence-electron chi connectivity index (χ3n) is 5.10. The molecule has 0 radical (unpaired) electrons. The lowest BCUT2D eigenvalue weighted by atomic mass is 10.0. The summed E-state index contributed by atoms with van der Waals surface area (Å²) in [6.45, 7) is 5.30. The average molecular weight is 373 g/mol. The maximum Gasteiger partial charge on any atom is 0.162 e. The topological polar surface area (TPSA) is 62.4 Å². The fourth-order valence-electron chi connectivity index (χ4n) is 3.68. The molecule has 6 nitrogen and oxygen atoms in total. The van der Waals surface area contributed by atoms with Crippen molar-refractivity contribution in [2.75, 3.05) is 32.6 Å². The van der Waals surface area contributed by atoms with Crippen molar-refractivity contribution < 1.29 is 9.47 Å². The molecule has 1 aliphatic rings. The molecule has 27 heavy (non-hydrogen) atoms. The van der Waals surface area contributed by atoms with Gasteiger partial charge in [-0.05, 0) is 37.9 Å². The van der Waals surface area contributed by atoms with Crippen molar-refractivity contribution in [2.24, 2.45) is 0 Å². The Hall–Kier alpha value is -2.21. The first-order chi connectivity index (χ1) is 13.2. The average Bonchev–Trinajstić information content (AvgIpc) is 3.13. The quantitative estimate of drug-likeness (QED) is 0.700. The van der Waals surface area contributed by atoms with Gasteiger partial charge in [0, 0.05) is 49.2 Å².